The fourth-order valence-corrected chi connectivity index (χ4v) is 3.09. The Morgan fingerprint density at radius 1 is 1.24 bits per heavy atom. The first-order valence-electron chi connectivity index (χ1n) is 7.82. The van der Waals surface area contributed by atoms with Crippen LogP contribution >= 0.6 is 11.6 Å². The summed E-state index contributed by atoms with van der Waals surface area (Å²) in [6, 6.07) is 5.55. The van der Waals surface area contributed by atoms with Gasteiger partial charge in [0.25, 0.3) is 0 Å². The van der Waals surface area contributed by atoms with Crippen molar-refractivity contribution in [2.24, 2.45) is 0 Å². The molecule has 1 saturated heterocycles. The monoisotopic (exact) mass is 314 g/mol. The number of quaternary nitrogens is 2. The summed E-state index contributed by atoms with van der Waals surface area (Å²) in [6.07, 6.45) is -0.418. The Bertz CT molecular complexity index is 448. The van der Waals surface area contributed by atoms with Crippen LogP contribution in [-0.2, 0) is 0 Å². The van der Waals surface area contributed by atoms with Crippen LogP contribution in [0.4, 0.5) is 0 Å². The van der Waals surface area contributed by atoms with Gasteiger partial charge in [0.05, 0.1) is 6.54 Å². The molecule has 0 aromatic heterocycles. The maximum Gasteiger partial charge on any atom is 0.137 e. The minimum Gasteiger partial charge on any atom is -0.490 e. The number of hydrogen-bond acceptors (Lipinski definition) is 2. The SMILES string of the molecule is CC[NH+]1CC[NH+](C[C@H](O)COc2ccc(Cl)cc2C)CC1. The molecule has 4 nitrogen and oxygen atoms in total. The number of rotatable bonds is 6. The maximum atomic E-state index is 10.2. The molecule has 0 aliphatic carbocycles. The van der Waals surface area contributed by atoms with Gasteiger partial charge in [-0.2, -0.15) is 0 Å². The van der Waals surface area contributed by atoms with E-state index in [1.165, 1.54) is 24.5 Å². The Hall–Kier alpha value is -0.810. The summed E-state index contributed by atoms with van der Waals surface area (Å²) in [5.41, 5.74) is 1.00. The zero-order chi connectivity index (χ0) is 15.2. The van der Waals surface area contributed by atoms with E-state index in [4.69, 9.17) is 16.3 Å². The number of likely N-dealkylation sites (N-methyl/N-ethyl adjacent to an activating group) is 1. The van der Waals surface area contributed by atoms with Crippen LogP contribution in [0.3, 0.4) is 0 Å². The van der Waals surface area contributed by atoms with Gasteiger partial charge >= 0.3 is 0 Å². The van der Waals surface area contributed by atoms with Crippen molar-refractivity contribution in [1.29, 1.82) is 0 Å². The van der Waals surface area contributed by atoms with Gasteiger partial charge in [0.2, 0.25) is 0 Å². The molecule has 0 amide bonds. The second-order valence-corrected chi connectivity index (χ2v) is 6.37. The van der Waals surface area contributed by atoms with Crippen molar-refractivity contribution in [3.8, 4) is 5.75 Å². The van der Waals surface area contributed by atoms with Crippen LogP contribution in [0.15, 0.2) is 18.2 Å². The van der Waals surface area contributed by atoms with E-state index in [1.807, 2.05) is 25.1 Å². The topological polar surface area (TPSA) is 38.3 Å². The summed E-state index contributed by atoms with van der Waals surface area (Å²) in [7, 11) is 0. The number of piperazine rings is 1. The highest BCUT2D eigenvalue weighted by Gasteiger charge is 2.24. The standard InChI is InChI=1S/C16H25ClN2O2/c1-3-18-6-8-19(9-7-18)11-15(20)12-21-16-5-4-14(17)10-13(16)2/h4-5,10,15,20H,3,6-9,11-12H2,1-2H3/p+2/t15-/m0/s1. The third-order valence-electron chi connectivity index (χ3n) is 4.26. The van der Waals surface area contributed by atoms with Crippen molar-refractivity contribution in [2.45, 2.75) is 20.0 Å². The van der Waals surface area contributed by atoms with Crippen LogP contribution in [0, 0.1) is 6.92 Å². The van der Waals surface area contributed by atoms with Gasteiger partial charge in [-0.25, -0.2) is 0 Å². The van der Waals surface area contributed by atoms with Crippen molar-refractivity contribution in [3.63, 3.8) is 0 Å². The van der Waals surface area contributed by atoms with Crippen LogP contribution in [0.1, 0.15) is 12.5 Å². The molecule has 1 heterocycles. The van der Waals surface area contributed by atoms with Crippen LogP contribution in [0.25, 0.3) is 0 Å². The third-order valence-corrected chi connectivity index (χ3v) is 4.49. The lowest BCUT2D eigenvalue weighted by Gasteiger charge is -2.30. The predicted molar refractivity (Wildman–Crippen MR) is 84.5 cm³/mol. The Balaban J connectivity index is 1.73. The number of aryl methyl sites for hydroxylation is 1. The first kappa shape index (κ1) is 16.6. The van der Waals surface area contributed by atoms with E-state index >= 15 is 0 Å². The molecule has 0 spiro atoms. The van der Waals surface area contributed by atoms with Gasteiger partial charge in [0.15, 0.2) is 0 Å². The molecule has 2 rings (SSSR count). The minimum absolute atomic E-state index is 0.344. The van der Waals surface area contributed by atoms with E-state index in [9.17, 15) is 5.11 Å². The van der Waals surface area contributed by atoms with Gasteiger partial charge < -0.3 is 19.6 Å². The van der Waals surface area contributed by atoms with E-state index in [-0.39, 0.29) is 0 Å². The number of nitrogens with one attached hydrogen (secondary N) is 2. The molecular weight excluding hydrogens is 288 g/mol. The van der Waals surface area contributed by atoms with Crippen molar-refractivity contribution in [3.05, 3.63) is 28.8 Å². The van der Waals surface area contributed by atoms with E-state index in [1.54, 1.807) is 4.90 Å². The number of hydrogen-bond donors (Lipinski definition) is 3. The molecule has 0 bridgehead atoms. The van der Waals surface area contributed by atoms with Gasteiger partial charge in [0, 0.05) is 5.02 Å². The number of aliphatic hydroxyl groups is 1. The molecule has 118 valence electrons. The van der Waals surface area contributed by atoms with Crippen molar-refractivity contribution in [1.82, 2.24) is 0 Å². The number of aliphatic hydroxyl groups excluding tert-OH is 1. The predicted octanol–water partition coefficient (Wildman–Crippen LogP) is -0.809. The van der Waals surface area contributed by atoms with Gasteiger partial charge in [-0.3, -0.25) is 0 Å². The molecule has 21 heavy (non-hydrogen) atoms. The Morgan fingerprint density at radius 3 is 2.52 bits per heavy atom. The summed E-state index contributed by atoms with van der Waals surface area (Å²) in [5, 5.41) is 10.9. The number of ether oxygens (including phenoxy) is 1. The maximum absolute atomic E-state index is 10.2. The summed E-state index contributed by atoms with van der Waals surface area (Å²) < 4.78 is 5.71. The Morgan fingerprint density at radius 2 is 1.90 bits per heavy atom. The van der Waals surface area contributed by atoms with Gasteiger partial charge in [0.1, 0.15) is 51.2 Å². The molecule has 1 aromatic carbocycles. The first-order valence-corrected chi connectivity index (χ1v) is 8.20. The van der Waals surface area contributed by atoms with E-state index in [2.05, 4.69) is 6.92 Å². The van der Waals surface area contributed by atoms with Gasteiger partial charge in [-0.15, -0.1) is 0 Å². The largest absolute Gasteiger partial charge is 0.490 e. The van der Waals surface area contributed by atoms with Crippen molar-refractivity contribution < 1.29 is 19.6 Å². The summed E-state index contributed by atoms with van der Waals surface area (Å²) in [4.78, 5) is 3.15. The second kappa shape index (κ2) is 7.99. The number of halogens is 1. The van der Waals surface area contributed by atoms with Crippen LogP contribution < -0.4 is 14.5 Å². The normalized spacial score (nSPS) is 23.8. The smallest absolute Gasteiger partial charge is 0.137 e. The number of benzene rings is 1. The quantitative estimate of drug-likeness (QED) is 0.643. The fraction of sp³-hybridized carbons (Fsp3) is 0.625. The summed E-state index contributed by atoms with van der Waals surface area (Å²) in [5.74, 6) is 0.800. The van der Waals surface area contributed by atoms with Crippen LogP contribution in [0.2, 0.25) is 5.02 Å². The molecular formula is C16H27ClN2O2+2. The highest BCUT2D eigenvalue weighted by Crippen LogP contribution is 2.21. The second-order valence-electron chi connectivity index (χ2n) is 5.93. The first-order chi connectivity index (χ1) is 10.1. The third kappa shape index (κ3) is 5.15. The lowest BCUT2D eigenvalue weighted by molar-refractivity contribution is -1.01. The highest BCUT2D eigenvalue weighted by molar-refractivity contribution is 6.30. The molecule has 1 atom stereocenters. The zero-order valence-electron chi connectivity index (χ0n) is 13.0. The summed E-state index contributed by atoms with van der Waals surface area (Å²) >= 11 is 5.92. The summed E-state index contributed by atoms with van der Waals surface area (Å²) in [6.45, 7) is 11.2. The van der Waals surface area contributed by atoms with Crippen LogP contribution in [0.5, 0.6) is 5.75 Å². The van der Waals surface area contributed by atoms with E-state index in [0.717, 1.165) is 30.9 Å². The van der Waals surface area contributed by atoms with E-state index < -0.39 is 6.10 Å². The van der Waals surface area contributed by atoms with Gasteiger partial charge in [-0.1, -0.05) is 11.6 Å². The average molecular weight is 315 g/mol. The highest BCUT2D eigenvalue weighted by atomic mass is 35.5. The molecule has 0 saturated carbocycles. The Kier molecular flexibility index (Phi) is 6.30. The average Bonchev–Trinajstić information content (AvgIpc) is 2.47. The molecule has 1 fully saturated rings. The molecule has 1 aliphatic rings. The van der Waals surface area contributed by atoms with Crippen molar-refractivity contribution >= 4 is 11.6 Å². The fourth-order valence-electron chi connectivity index (χ4n) is 2.87. The zero-order valence-corrected chi connectivity index (χ0v) is 13.7. The van der Waals surface area contributed by atoms with E-state index in [0.29, 0.717) is 11.6 Å². The Labute approximate surface area is 132 Å². The minimum atomic E-state index is -0.418. The van der Waals surface area contributed by atoms with Crippen molar-refractivity contribution in [2.75, 3.05) is 45.9 Å². The van der Waals surface area contributed by atoms with Crippen LogP contribution in [-0.4, -0.2) is 57.1 Å². The molecule has 0 radical (unpaired) electrons. The van der Waals surface area contributed by atoms with Gasteiger partial charge in [-0.05, 0) is 37.6 Å². The molecule has 5 heteroatoms. The molecule has 3 N–H and O–H groups in total. The lowest BCUT2D eigenvalue weighted by atomic mass is 10.2. The molecule has 0 unspecified atom stereocenters. The lowest BCUT2D eigenvalue weighted by Crippen LogP contribution is -3.28. The molecule has 1 aromatic rings. The molecule has 1 aliphatic heterocycles.